The third-order valence-corrected chi connectivity index (χ3v) is 5.57. The molecule has 1 fully saturated rings. The van der Waals surface area contributed by atoms with Gasteiger partial charge in [-0.15, -0.1) is 0 Å². The Labute approximate surface area is 145 Å². The van der Waals surface area contributed by atoms with Gasteiger partial charge in [-0.05, 0) is 36.1 Å². The zero-order valence-corrected chi connectivity index (χ0v) is 14.0. The van der Waals surface area contributed by atoms with E-state index in [1.54, 1.807) is 6.07 Å². The predicted molar refractivity (Wildman–Crippen MR) is 95.4 cm³/mol. The third kappa shape index (κ3) is 2.59. The first-order valence-electron chi connectivity index (χ1n) is 8.88. The van der Waals surface area contributed by atoms with Crippen molar-refractivity contribution < 1.29 is 8.91 Å². The van der Waals surface area contributed by atoms with Crippen molar-refractivity contribution >= 4 is 16.8 Å². The highest BCUT2D eigenvalue weighted by Crippen LogP contribution is 2.29. The van der Waals surface area contributed by atoms with Gasteiger partial charge in [-0.25, -0.2) is 4.39 Å². The van der Waals surface area contributed by atoms with E-state index in [1.807, 2.05) is 0 Å². The molecule has 5 rings (SSSR count). The fraction of sp³-hybridized carbons (Fsp3) is 0.350. The van der Waals surface area contributed by atoms with Gasteiger partial charge in [0, 0.05) is 38.3 Å². The molecule has 1 aromatic heterocycles. The molecule has 0 bridgehead atoms. The molecule has 1 aliphatic heterocycles. The fourth-order valence-electron chi connectivity index (χ4n) is 4.22. The summed E-state index contributed by atoms with van der Waals surface area (Å²) in [5.74, 6) is 0.546. The van der Waals surface area contributed by atoms with Gasteiger partial charge in [0.15, 0.2) is 11.4 Å². The average molecular weight is 337 g/mol. The van der Waals surface area contributed by atoms with Crippen LogP contribution in [0.1, 0.15) is 11.1 Å². The van der Waals surface area contributed by atoms with E-state index in [4.69, 9.17) is 4.52 Å². The molecule has 4 nitrogen and oxygen atoms in total. The average Bonchev–Trinajstić information content (AvgIpc) is 3.25. The monoisotopic (exact) mass is 337 g/mol. The number of nitrogens with zero attached hydrogens (tertiary/aromatic N) is 3. The van der Waals surface area contributed by atoms with E-state index in [9.17, 15) is 4.39 Å². The van der Waals surface area contributed by atoms with Gasteiger partial charge >= 0.3 is 0 Å². The molecule has 5 heteroatoms. The van der Waals surface area contributed by atoms with Gasteiger partial charge in [0.2, 0.25) is 0 Å². The van der Waals surface area contributed by atoms with E-state index in [1.165, 1.54) is 23.3 Å². The van der Waals surface area contributed by atoms with Crippen molar-refractivity contribution in [1.82, 2.24) is 10.1 Å². The predicted octanol–water partition coefficient (Wildman–Crippen LogP) is 3.26. The largest absolute Gasteiger partial charge is 0.354 e. The summed E-state index contributed by atoms with van der Waals surface area (Å²) < 4.78 is 18.6. The Balaban J connectivity index is 1.29. The topological polar surface area (TPSA) is 32.5 Å². The van der Waals surface area contributed by atoms with Crippen LogP contribution in [0.3, 0.4) is 0 Å². The Morgan fingerprint density at radius 1 is 0.960 bits per heavy atom. The highest BCUT2D eigenvalue weighted by molar-refractivity contribution is 5.88. The van der Waals surface area contributed by atoms with Gasteiger partial charge in [-0.3, -0.25) is 4.90 Å². The van der Waals surface area contributed by atoms with Gasteiger partial charge in [0.05, 0.1) is 5.39 Å². The van der Waals surface area contributed by atoms with Crippen LogP contribution in [0.5, 0.6) is 0 Å². The van der Waals surface area contributed by atoms with Crippen LogP contribution < -0.4 is 4.90 Å². The summed E-state index contributed by atoms with van der Waals surface area (Å²) in [6.45, 7) is 3.89. The lowest BCUT2D eigenvalue weighted by atomic mass is 10.1. The number of rotatable bonds is 2. The molecule has 128 valence electrons. The molecule has 3 aromatic rings. The third-order valence-electron chi connectivity index (χ3n) is 5.57. The molecule has 1 saturated heterocycles. The Kier molecular flexibility index (Phi) is 3.48. The van der Waals surface area contributed by atoms with Gasteiger partial charge < -0.3 is 9.42 Å². The molecule has 0 spiro atoms. The Bertz CT molecular complexity index is 889. The first-order chi connectivity index (χ1) is 12.3. The summed E-state index contributed by atoms with van der Waals surface area (Å²) in [6.07, 6.45) is 2.31. The molecule has 2 heterocycles. The van der Waals surface area contributed by atoms with Gasteiger partial charge in [-0.1, -0.05) is 29.4 Å². The van der Waals surface area contributed by atoms with Crippen LogP contribution in [0, 0.1) is 5.82 Å². The van der Waals surface area contributed by atoms with Crippen LogP contribution in [0.25, 0.3) is 11.0 Å². The summed E-state index contributed by atoms with van der Waals surface area (Å²) >= 11 is 0. The standard InChI is InChI=1S/C20H20FN3O/c21-16-5-6-18-19(13-16)25-22-20(18)24-9-7-23(8-10-24)17-11-14-3-1-2-4-15(14)12-17/h1-6,13,17H,7-12H2. The van der Waals surface area contributed by atoms with E-state index >= 15 is 0 Å². The molecular formula is C20H20FN3O. The van der Waals surface area contributed by atoms with Crippen LogP contribution in [0.15, 0.2) is 47.0 Å². The molecule has 2 aromatic carbocycles. The second kappa shape index (κ2) is 5.85. The van der Waals surface area contributed by atoms with Crippen molar-refractivity contribution in [1.29, 1.82) is 0 Å². The number of benzene rings is 2. The van der Waals surface area contributed by atoms with Crippen molar-refractivity contribution in [3.05, 3.63) is 59.4 Å². The summed E-state index contributed by atoms with van der Waals surface area (Å²) in [6, 6.07) is 14.0. The first kappa shape index (κ1) is 14.9. The fourth-order valence-corrected chi connectivity index (χ4v) is 4.22. The zero-order chi connectivity index (χ0) is 16.8. The van der Waals surface area contributed by atoms with Crippen molar-refractivity contribution in [2.45, 2.75) is 18.9 Å². The summed E-state index contributed by atoms with van der Waals surface area (Å²) in [5.41, 5.74) is 3.52. The summed E-state index contributed by atoms with van der Waals surface area (Å²) in [7, 11) is 0. The molecule has 0 N–H and O–H groups in total. The van der Waals surface area contributed by atoms with Crippen LogP contribution in [0.4, 0.5) is 10.2 Å². The second-order valence-electron chi connectivity index (χ2n) is 7.00. The quantitative estimate of drug-likeness (QED) is 0.719. The number of piperazine rings is 1. The van der Waals surface area contributed by atoms with E-state index in [0.717, 1.165) is 50.2 Å². The Morgan fingerprint density at radius 2 is 1.68 bits per heavy atom. The smallest absolute Gasteiger partial charge is 0.180 e. The number of fused-ring (bicyclic) bond motifs is 2. The van der Waals surface area contributed by atoms with E-state index in [0.29, 0.717) is 11.6 Å². The zero-order valence-electron chi connectivity index (χ0n) is 14.0. The van der Waals surface area contributed by atoms with E-state index in [2.05, 4.69) is 39.2 Å². The number of hydrogen-bond acceptors (Lipinski definition) is 4. The number of hydrogen-bond donors (Lipinski definition) is 0. The van der Waals surface area contributed by atoms with Crippen LogP contribution >= 0.6 is 0 Å². The van der Waals surface area contributed by atoms with Crippen molar-refractivity contribution in [3.63, 3.8) is 0 Å². The van der Waals surface area contributed by atoms with Crippen molar-refractivity contribution in [2.75, 3.05) is 31.1 Å². The Hall–Kier alpha value is -2.40. The maximum absolute atomic E-state index is 13.3. The van der Waals surface area contributed by atoms with Crippen LogP contribution in [0.2, 0.25) is 0 Å². The summed E-state index contributed by atoms with van der Waals surface area (Å²) in [5, 5.41) is 5.07. The number of anilines is 1. The van der Waals surface area contributed by atoms with Crippen LogP contribution in [-0.4, -0.2) is 42.3 Å². The minimum atomic E-state index is -0.291. The minimum absolute atomic E-state index is 0.291. The molecule has 2 aliphatic rings. The highest BCUT2D eigenvalue weighted by Gasteiger charge is 2.30. The van der Waals surface area contributed by atoms with Crippen molar-refractivity contribution in [3.8, 4) is 0 Å². The molecule has 0 unspecified atom stereocenters. The van der Waals surface area contributed by atoms with Crippen LogP contribution in [-0.2, 0) is 12.8 Å². The molecule has 0 atom stereocenters. The Morgan fingerprint density at radius 3 is 2.40 bits per heavy atom. The van der Waals surface area contributed by atoms with Gasteiger partial charge in [0.1, 0.15) is 5.82 Å². The maximum atomic E-state index is 13.3. The molecule has 0 amide bonds. The number of halogens is 1. The number of aromatic nitrogens is 1. The minimum Gasteiger partial charge on any atom is -0.354 e. The lowest BCUT2D eigenvalue weighted by Crippen LogP contribution is -2.50. The molecule has 0 radical (unpaired) electrons. The lowest BCUT2D eigenvalue weighted by molar-refractivity contribution is 0.189. The normalized spacial score (nSPS) is 18.8. The molecule has 25 heavy (non-hydrogen) atoms. The van der Waals surface area contributed by atoms with E-state index in [-0.39, 0.29) is 5.82 Å². The molecule has 0 saturated carbocycles. The second-order valence-corrected chi connectivity index (χ2v) is 7.00. The van der Waals surface area contributed by atoms with Crippen molar-refractivity contribution in [2.24, 2.45) is 0 Å². The SMILES string of the molecule is Fc1ccc2c(N3CCN(C4Cc5ccccc5C4)CC3)noc2c1. The summed E-state index contributed by atoms with van der Waals surface area (Å²) in [4.78, 5) is 4.85. The highest BCUT2D eigenvalue weighted by atomic mass is 19.1. The van der Waals surface area contributed by atoms with Gasteiger partial charge in [0.25, 0.3) is 0 Å². The first-order valence-corrected chi connectivity index (χ1v) is 8.88. The van der Waals surface area contributed by atoms with Gasteiger partial charge in [-0.2, -0.15) is 0 Å². The molecule has 1 aliphatic carbocycles. The molecular weight excluding hydrogens is 317 g/mol. The maximum Gasteiger partial charge on any atom is 0.180 e. The van der Waals surface area contributed by atoms with E-state index < -0.39 is 0 Å². The lowest BCUT2D eigenvalue weighted by Gasteiger charge is -2.38.